The Morgan fingerprint density at radius 2 is 0.955 bits per heavy atom. The molecule has 0 spiro atoms. The minimum absolute atomic E-state index is 0.569. The van der Waals surface area contributed by atoms with Crippen LogP contribution in [0.2, 0.25) is 0 Å². The highest BCUT2D eigenvalue weighted by atomic mass is 31.1. The summed E-state index contributed by atoms with van der Waals surface area (Å²) in [6, 6.07) is 7.80. The van der Waals surface area contributed by atoms with Gasteiger partial charge < -0.3 is 0 Å². The fourth-order valence-electron chi connectivity index (χ4n) is 0.910. The second-order valence-corrected chi connectivity index (χ2v) is 11.0. The largest absolute Gasteiger partial charge is 0.253 e. The highest BCUT2D eigenvalue weighted by molar-refractivity contribution is 7.39. The van der Waals surface area contributed by atoms with E-state index in [2.05, 4.69) is 64.8 Å². The van der Waals surface area contributed by atoms with E-state index >= 15 is 0 Å². The average Bonchev–Trinajstić information content (AvgIpc) is 2.47. The molecule has 0 aliphatic rings. The first-order valence-corrected chi connectivity index (χ1v) is 10.6. The van der Waals surface area contributed by atoms with Gasteiger partial charge in [0.2, 0.25) is 0 Å². The summed E-state index contributed by atoms with van der Waals surface area (Å²) in [5.41, 5.74) is 1.90. The van der Waals surface area contributed by atoms with Crippen LogP contribution in [0.15, 0.2) is 36.7 Å². The summed E-state index contributed by atoms with van der Waals surface area (Å²) in [5, 5.41) is 1.14. The maximum absolute atomic E-state index is 4.12. The van der Waals surface area contributed by atoms with Crippen LogP contribution >= 0.6 is 17.2 Å². The summed E-state index contributed by atoms with van der Waals surface area (Å²) < 4.78 is 0. The van der Waals surface area contributed by atoms with Gasteiger partial charge in [-0.1, -0.05) is 53.7 Å². The Morgan fingerprint density at radius 1 is 0.682 bits per heavy atom. The monoisotopic (exact) mass is 338 g/mol. The maximum Gasteiger partial charge on any atom is 0.0886 e. The number of para-hydroxylation sites is 2. The highest BCUT2D eigenvalue weighted by Crippen LogP contribution is 2.25. The van der Waals surface area contributed by atoms with Crippen LogP contribution in [0.3, 0.4) is 0 Å². The second-order valence-electron chi connectivity index (χ2n) is 7.05. The molecule has 2 rings (SSSR count). The number of aromatic nitrogens is 2. The topological polar surface area (TPSA) is 25.8 Å². The molecule has 0 saturated carbocycles. The van der Waals surface area contributed by atoms with Crippen molar-refractivity contribution in [2.24, 2.45) is 0 Å². The fourth-order valence-corrected chi connectivity index (χ4v) is 0.910. The van der Waals surface area contributed by atoms with Gasteiger partial charge in [0, 0.05) is 12.4 Å². The lowest BCUT2D eigenvalue weighted by Gasteiger charge is -2.12. The Kier molecular flexibility index (Phi) is 9.97. The minimum atomic E-state index is 0.569. The van der Waals surface area contributed by atoms with Gasteiger partial charge in [-0.15, -0.1) is 17.2 Å². The maximum atomic E-state index is 4.12. The van der Waals surface area contributed by atoms with Crippen molar-refractivity contribution < 1.29 is 0 Å². The van der Waals surface area contributed by atoms with E-state index in [0.29, 0.717) is 10.3 Å². The molecule has 0 bridgehead atoms. The van der Waals surface area contributed by atoms with Crippen molar-refractivity contribution in [1.82, 2.24) is 9.97 Å². The molecule has 0 N–H and O–H groups in total. The van der Waals surface area contributed by atoms with Crippen molar-refractivity contribution in [3.63, 3.8) is 0 Å². The first kappa shape index (κ1) is 21.4. The van der Waals surface area contributed by atoms with Gasteiger partial charge in [0.1, 0.15) is 0 Å². The van der Waals surface area contributed by atoms with E-state index in [0.717, 1.165) is 28.2 Å². The zero-order valence-electron chi connectivity index (χ0n) is 15.4. The Balaban J connectivity index is 0.000000324. The van der Waals surface area contributed by atoms with Gasteiger partial charge in [-0.25, -0.2) is 0 Å². The normalized spacial score (nSPS) is 12.2. The molecule has 2 nitrogen and oxygen atoms in total. The average molecular weight is 338 g/mol. The first-order chi connectivity index (χ1) is 10.1. The summed E-state index contributed by atoms with van der Waals surface area (Å²) in [7, 11) is 2.13. The molecule has 1 heterocycles. The molecule has 0 aliphatic carbocycles. The van der Waals surface area contributed by atoms with Crippen molar-refractivity contribution in [2.75, 3.05) is 13.3 Å². The van der Waals surface area contributed by atoms with E-state index in [1.807, 2.05) is 24.3 Å². The zero-order chi connectivity index (χ0) is 17.2. The summed E-state index contributed by atoms with van der Waals surface area (Å²) >= 11 is 0. The van der Waals surface area contributed by atoms with Gasteiger partial charge in [-0.3, -0.25) is 9.97 Å². The number of benzene rings is 1. The highest BCUT2D eigenvalue weighted by Gasteiger charge is 2.03. The molecule has 124 valence electrons. The van der Waals surface area contributed by atoms with E-state index in [-0.39, 0.29) is 0 Å². The Labute approximate surface area is 140 Å². The van der Waals surface area contributed by atoms with Crippen LogP contribution in [0.5, 0.6) is 0 Å². The molecule has 4 heteroatoms. The molecule has 0 saturated heterocycles. The first-order valence-electron chi connectivity index (χ1n) is 7.62. The standard InChI is InChI=1S/C8H6N2.2C5H13P/c1-2-4-8-7(3-1)9-5-6-10-8;2*1-5(2,3)6-4/h1-6H;2*6H,1-4H3. The third-order valence-corrected chi connectivity index (χ3v) is 5.88. The van der Waals surface area contributed by atoms with Gasteiger partial charge >= 0.3 is 0 Å². The summed E-state index contributed by atoms with van der Waals surface area (Å²) in [6.07, 6.45) is 3.39. The molecule has 0 radical (unpaired) electrons. The van der Waals surface area contributed by atoms with Crippen LogP contribution in [0.25, 0.3) is 11.0 Å². The Hall–Kier alpha value is -0.580. The number of hydrogen-bond donors (Lipinski definition) is 0. The SMILES string of the molecule is CPC(C)(C)C.CPC(C)(C)C.c1ccc2nccnc2c1. The quantitative estimate of drug-likeness (QED) is 0.566. The van der Waals surface area contributed by atoms with Crippen molar-refractivity contribution in [1.29, 1.82) is 0 Å². The molecule has 1 aromatic carbocycles. The zero-order valence-corrected chi connectivity index (χ0v) is 17.4. The summed E-state index contributed by atoms with van der Waals surface area (Å²) in [4.78, 5) is 8.24. The molecule has 1 aromatic heterocycles. The predicted octanol–water partition coefficient (Wildman–Crippen LogP) is 5.82. The van der Waals surface area contributed by atoms with Gasteiger partial charge in [-0.05, 0) is 35.8 Å². The van der Waals surface area contributed by atoms with E-state index < -0.39 is 0 Å². The van der Waals surface area contributed by atoms with Crippen LogP contribution in [0.4, 0.5) is 0 Å². The van der Waals surface area contributed by atoms with E-state index in [4.69, 9.17) is 0 Å². The van der Waals surface area contributed by atoms with Crippen LogP contribution in [-0.2, 0) is 0 Å². The van der Waals surface area contributed by atoms with Gasteiger partial charge in [-0.2, -0.15) is 0 Å². The molecule has 2 aromatic rings. The minimum Gasteiger partial charge on any atom is -0.253 e. The van der Waals surface area contributed by atoms with Crippen molar-refractivity contribution in [2.45, 2.75) is 51.9 Å². The Bertz CT molecular complexity index is 449. The molecule has 0 aliphatic heterocycles. The molecular formula is C18H32N2P2. The molecule has 22 heavy (non-hydrogen) atoms. The number of rotatable bonds is 0. The van der Waals surface area contributed by atoms with Crippen molar-refractivity contribution in [3.8, 4) is 0 Å². The smallest absolute Gasteiger partial charge is 0.0886 e. The molecular weight excluding hydrogens is 306 g/mol. The van der Waals surface area contributed by atoms with Gasteiger partial charge in [0.05, 0.1) is 11.0 Å². The molecule has 2 unspecified atom stereocenters. The molecule has 2 atom stereocenters. The third kappa shape index (κ3) is 12.0. The van der Waals surface area contributed by atoms with Gasteiger partial charge in [0.15, 0.2) is 0 Å². The number of fused-ring (bicyclic) bond motifs is 1. The molecule has 0 fully saturated rings. The van der Waals surface area contributed by atoms with Crippen molar-refractivity contribution in [3.05, 3.63) is 36.7 Å². The lowest BCUT2D eigenvalue weighted by Crippen LogP contribution is -2.02. The lowest BCUT2D eigenvalue weighted by molar-refractivity contribution is 0.797. The molecule has 0 amide bonds. The number of nitrogens with zero attached hydrogens (tertiary/aromatic N) is 2. The second kappa shape index (κ2) is 10.2. The fraction of sp³-hybridized carbons (Fsp3) is 0.556. The Morgan fingerprint density at radius 3 is 1.18 bits per heavy atom. The lowest BCUT2D eigenvalue weighted by atomic mass is 10.3. The van der Waals surface area contributed by atoms with Crippen LogP contribution < -0.4 is 0 Å². The summed E-state index contributed by atoms with van der Waals surface area (Å²) in [5.74, 6) is 0. The predicted molar refractivity (Wildman–Crippen MR) is 108 cm³/mol. The van der Waals surface area contributed by atoms with Crippen molar-refractivity contribution >= 4 is 28.2 Å². The van der Waals surface area contributed by atoms with E-state index in [9.17, 15) is 0 Å². The van der Waals surface area contributed by atoms with E-state index in [1.54, 1.807) is 12.4 Å². The summed E-state index contributed by atoms with van der Waals surface area (Å²) in [6.45, 7) is 18.0. The van der Waals surface area contributed by atoms with Crippen LogP contribution in [-0.4, -0.2) is 33.6 Å². The number of hydrogen-bond acceptors (Lipinski definition) is 2. The third-order valence-electron chi connectivity index (χ3n) is 2.88. The van der Waals surface area contributed by atoms with E-state index in [1.165, 1.54) is 0 Å². The van der Waals surface area contributed by atoms with Gasteiger partial charge in [0.25, 0.3) is 0 Å². The van der Waals surface area contributed by atoms with Crippen LogP contribution in [0.1, 0.15) is 41.5 Å². The van der Waals surface area contributed by atoms with Crippen LogP contribution in [0, 0.1) is 0 Å².